The van der Waals surface area contributed by atoms with Gasteiger partial charge in [-0.25, -0.2) is 9.78 Å². The molecule has 0 atom stereocenters. The number of carbonyl (C=O) groups excluding carboxylic acids is 1. The Morgan fingerprint density at radius 3 is 2.65 bits per heavy atom. The van der Waals surface area contributed by atoms with Crippen LogP contribution in [-0.2, 0) is 13.6 Å². The molecule has 2 N–H and O–H groups in total. The Balaban J connectivity index is 2.00. The maximum Gasteiger partial charge on any atom is 0.354 e. The number of rotatable bonds is 4. The van der Waals surface area contributed by atoms with E-state index in [1.165, 1.54) is 16.9 Å². The van der Waals surface area contributed by atoms with E-state index in [-0.39, 0.29) is 18.1 Å². The molecule has 1 amide bonds. The quantitative estimate of drug-likeness (QED) is 0.857. The molecular formula is C13H14N4O3. The Morgan fingerprint density at radius 1 is 1.40 bits per heavy atom. The molecule has 2 aromatic rings. The Kier molecular flexibility index (Phi) is 3.79. The van der Waals surface area contributed by atoms with Gasteiger partial charge in [-0.15, -0.1) is 0 Å². The highest BCUT2D eigenvalue weighted by Gasteiger charge is 2.11. The number of nitrogens with one attached hydrogen (secondary N) is 1. The summed E-state index contributed by atoms with van der Waals surface area (Å²) in [5.74, 6) is -1.32. The fourth-order valence-corrected chi connectivity index (χ4v) is 1.75. The number of aromatic carboxylic acids is 1. The van der Waals surface area contributed by atoms with E-state index >= 15 is 0 Å². The number of aromatic nitrogens is 3. The molecule has 0 aliphatic rings. The van der Waals surface area contributed by atoms with Gasteiger partial charge in [0.2, 0.25) is 0 Å². The van der Waals surface area contributed by atoms with Crippen molar-refractivity contribution < 1.29 is 14.7 Å². The molecule has 0 spiro atoms. The van der Waals surface area contributed by atoms with Crippen LogP contribution in [0.25, 0.3) is 0 Å². The van der Waals surface area contributed by atoms with Gasteiger partial charge in [-0.3, -0.25) is 9.48 Å². The van der Waals surface area contributed by atoms with Crippen LogP contribution < -0.4 is 5.32 Å². The summed E-state index contributed by atoms with van der Waals surface area (Å²) in [4.78, 5) is 26.4. The van der Waals surface area contributed by atoms with Gasteiger partial charge in [0.05, 0.1) is 5.69 Å². The lowest BCUT2D eigenvalue weighted by atomic mass is 10.2. The number of aryl methyl sites for hydroxylation is 2. The van der Waals surface area contributed by atoms with Crippen LogP contribution in [0.4, 0.5) is 0 Å². The van der Waals surface area contributed by atoms with Crippen molar-refractivity contribution in [2.45, 2.75) is 13.5 Å². The molecular weight excluding hydrogens is 260 g/mol. The summed E-state index contributed by atoms with van der Waals surface area (Å²) in [5, 5.41) is 15.6. The minimum absolute atomic E-state index is 0.0256. The maximum absolute atomic E-state index is 11.9. The second kappa shape index (κ2) is 5.52. The van der Waals surface area contributed by atoms with Gasteiger partial charge in [0.15, 0.2) is 0 Å². The van der Waals surface area contributed by atoms with Crippen LogP contribution in [0.1, 0.15) is 32.2 Å². The van der Waals surface area contributed by atoms with Gasteiger partial charge in [-0.2, -0.15) is 5.10 Å². The normalized spacial score (nSPS) is 10.3. The van der Waals surface area contributed by atoms with E-state index in [4.69, 9.17) is 5.11 Å². The maximum atomic E-state index is 11.9. The van der Waals surface area contributed by atoms with Crippen LogP contribution in [0.15, 0.2) is 24.4 Å². The van der Waals surface area contributed by atoms with Gasteiger partial charge in [0.1, 0.15) is 11.4 Å². The summed E-state index contributed by atoms with van der Waals surface area (Å²) in [6.45, 7) is 2.08. The Labute approximate surface area is 115 Å². The Morgan fingerprint density at radius 2 is 2.15 bits per heavy atom. The fourth-order valence-electron chi connectivity index (χ4n) is 1.75. The summed E-state index contributed by atoms with van der Waals surface area (Å²) in [7, 11) is 1.70. The van der Waals surface area contributed by atoms with Crippen molar-refractivity contribution in [1.29, 1.82) is 0 Å². The second-order valence-corrected chi connectivity index (χ2v) is 4.33. The molecule has 2 rings (SSSR count). The third-order valence-corrected chi connectivity index (χ3v) is 2.73. The Bertz CT molecular complexity index is 646. The molecule has 0 bridgehead atoms. The lowest BCUT2D eigenvalue weighted by molar-refractivity contribution is 0.0690. The first-order valence-corrected chi connectivity index (χ1v) is 5.94. The summed E-state index contributed by atoms with van der Waals surface area (Å²) in [6, 6.07) is 4.71. The van der Waals surface area contributed by atoms with Crippen LogP contribution in [-0.4, -0.2) is 31.7 Å². The average Bonchev–Trinajstić information content (AvgIpc) is 2.75. The lowest BCUT2D eigenvalue weighted by Crippen LogP contribution is -2.25. The van der Waals surface area contributed by atoms with E-state index in [2.05, 4.69) is 15.4 Å². The number of carboxylic acid groups (broad SMARTS) is 1. The molecule has 0 saturated carbocycles. The fraction of sp³-hybridized carbons (Fsp3) is 0.231. The van der Waals surface area contributed by atoms with Crippen LogP contribution in [0.5, 0.6) is 0 Å². The molecule has 0 radical (unpaired) electrons. The smallest absolute Gasteiger partial charge is 0.354 e. The zero-order valence-corrected chi connectivity index (χ0v) is 11.1. The molecule has 0 aromatic carbocycles. The van der Waals surface area contributed by atoms with Crippen LogP contribution >= 0.6 is 0 Å². The van der Waals surface area contributed by atoms with Gasteiger partial charge >= 0.3 is 5.97 Å². The van der Waals surface area contributed by atoms with E-state index in [1.807, 2.05) is 6.92 Å². The highest BCUT2D eigenvalue weighted by atomic mass is 16.4. The van der Waals surface area contributed by atoms with Crippen molar-refractivity contribution in [3.8, 4) is 0 Å². The first-order valence-electron chi connectivity index (χ1n) is 5.94. The summed E-state index contributed by atoms with van der Waals surface area (Å²) in [5.41, 5.74) is 1.94. The van der Waals surface area contributed by atoms with Crippen LogP contribution in [0.3, 0.4) is 0 Å². The van der Waals surface area contributed by atoms with Crippen LogP contribution in [0.2, 0.25) is 0 Å². The largest absolute Gasteiger partial charge is 0.477 e. The van der Waals surface area contributed by atoms with E-state index in [0.29, 0.717) is 5.69 Å². The minimum Gasteiger partial charge on any atom is -0.477 e. The number of carboxylic acids is 1. The zero-order chi connectivity index (χ0) is 14.7. The van der Waals surface area contributed by atoms with Gasteiger partial charge in [-0.05, 0) is 24.6 Å². The molecule has 0 saturated heterocycles. The van der Waals surface area contributed by atoms with Crippen molar-refractivity contribution in [3.05, 3.63) is 47.0 Å². The number of carbonyl (C=O) groups is 2. The minimum atomic E-state index is -1.08. The molecule has 7 nitrogen and oxygen atoms in total. The van der Waals surface area contributed by atoms with Gasteiger partial charge in [-0.1, -0.05) is 6.07 Å². The lowest BCUT2D eigenvalue weighted by Gasteiger charge is -2.05. The van der Waals surface area contributed by atoms with Crippen molar-refractivity contribution in [2.75, 3.05) is 0 Å². The SMILES string of the molecule is Cc1cc(C(=O)NCc2ccc(C(=O)O)nc2)n(C)n1. The monoisotopic (exact) mass is 274 g/mol. The molecule has 7 heteroatoms. The average molecular weight is 274 g/mol. The molecule has 0 aliphatic carbocycles. The predicted octanol–water partition coefficient (Wildman–Crippen LogP) is 0.752. The van der Waals surface area contributed by atoms with Crippen molar-refractivity contribution in [2.24, 2.45) is 7.05 Å². The molecule has 20 heavy (non-hydrogen) atoms. The van der Waals surface area contributed by atoms with Gasteiger partial charge in [0.25, 0.3) is 5.91 Å². The highest BCUT2D eigenvalue weighted by molar-refractivity contribution is 5.92. The number of hydrogen-bond acceptors (Lipinski definition) is 4. The predicted molar refractivity (Wildman–Crippen MR) is 70.3 cm³/mol. The Hall–Kier alpha value is -2.70. The zero-order valence-electron chi connectivity index (χ0n) is 11.1. The second-order valence-electron chi connectivity index (χ2n) is 4.33. The molecule has 0 unspecified atom stereocenters. The number of amides is 1. The summed E-state index contributed by atoms with van der Waals surface area (Å²) >= 11 is 0. The van der Waals surface area contributed by atoms with E-state index in [0.717, 1.165) is 11.3 Å². The standard InChI is InChI=1S/C13H14N4O3/c1-8-5-11(17(2)16-8)12(18)15-7-9-3-4-10(13(19)20)14-6-9/h3-6H,7H2,1-2H3,(H,15,18)(H,19,20). The number of pyridine rings is 1. The molecule has 0 aliphatic heterocycles. The molecule has 2 aromatic heterocycles. The molecule has 2 heterocycles. The first-order chi connectivity index (χ1) is 9.47. The van der Waals surface area contributed by atoms with Gasteiger partial charge in [0, 0.05) is 19.8 Å². The topological polar surface area (TPSA) is 97.1 Å². The van der Waals surface area contributed by atoms with Gasteiger partial charge < -0.3 is 10.4 Å². The van der Waals surface area contributed by atoms with Crippen molar-refractivity contribution in [3.63, 3.8) is 0 Å². The van der Waals surface area contributed by atoms with Crippen LogP contribution in [0, 0.1) is 6.92 Å². The first kappa shape index (κ1) is 13.7. The van der Waals surface area contributed by atoms with Crippen molar-refractivity contribution in [1.82, 2.24) is 20.1 Å². The van der Waals surface area contributed by atoms with E-state index in [9.17, 15) is 9.59 Å². The van der Waals surface area contributed by atoms with E-state index in [1.54, 1.807) is 19.2 Å². The molecule has 0 fully saturated rings. The van der Waals surface area contributed by atoms with E-state index < -0.39 is 5.97 Å². The van der Waals surface area contributed by atoms with Crippen molar-refractivity contribution >= 4 is 11.9 Å². The third kappa shape index (κ3) is 3.00. The summed E-state index contributed by atoms with van der Waals surface area (Å²) < 4.78 is 1.51. The molecule has 104 valence electrons. The number of nitrogens with zero attached hydrogens (tertiary/aromatic N) is 3. The highest BCUT2D eigenvalue weighted by Crippen LogP contribution is 2.04. The third-order valence-electron chi connectivity index (χ3n) is 2.73. The number of hydrogen-bond donors (Lipinski definition) is 2. The summed E-state index contributed by atoms with van der Waals surface area (Å²) in [6.07, 6.45) is 1.43.